The van der Waals surface area contributed by atoms with Crippen molar-refractivity contribution in [2.45, 2.75) is 113 Å². The van der Waals surface area contributed by atoms with E-state index in [0.717, 1.165) is 44.9 Å². The largest absolute Gasteiger partial charge is 0.469 e. The van der Waals surface area contributed by atoms with E-state index in [1.54, 1.807) is 0 Å². The van der Waals surface area contributed by atoms with Crippen molar-refractivity contribution < 1.29 is 43.4 Å². The highest BCUT2D eigenvalue weighted by molar-refractivity contribution is 7.46. The second-order valence-corrected chi connectivity index (χ2v) is 12.1. The third-order valence-corrected chi connectivity index (χ3v) is 8.77. The summed E-state index contributed by atoms with van der Waals surface area (Å²) in [6, 6.07) is 0. The molecule has 4 aliphatic rings. The van der Waals surface area contributed by atoms with Crippen LogP contribution >= 0.6 is 7.82 Å². The summed E-state index contributed by atoms with van der Waals surface area (Å²) in [4.78, 5) is 44.8. The summed E-state index contributed by atoms with van der Waals surface area (Å²) >= 11 is 0. The van der Waals surface area contributed by atoms with Gasteiger partial charge in [0.1, 0.15) is 30.0 Å². The minimum absolute atomic E-state index is 0.0699. The Morgan fingerprint density at radius 2 is 1.64 bits per heavy atom. The van der Waals surface area contributed by atoms with Crippen molar-refractivity contribution in [3.8, 4) is 0 Å². The van der Waals surface area contributed by atoms with Crippen molar-refractivity contribution in [1.29, 1.82) is 0 Å². The van der Waals surface area contributed by atoms with Crippen LogP contribution in [0.3, 0.4) is 0 Å². The maximum atomic E-state index is 14.0. The average molecular weight is 531 g/mol. The van der Waals surface area contributed by atoms with Crippen molar-refractivity contribution in [3.63, 3.8) is 0 Å². The van der Waals surface area contributed by atoms with Crippen molar-refractivity contribution in [2.24, 2.45) is 5.92 Å². The molecule has 4 rings (SSSR count). The summed E-state index contributed by atoms with van der Waals surface area (Å²) < 4.78 is 21.8. The highest BCUT2D eigenvalue weighted by atomic mass is 31.2. The Kier molecular flexibility index (Phi) is 8.61. The van der Waals surface area contributed by atoms with Crippen molar-refractivity contribution in [1.82, 2.24) is 10.6 Å². The van der Waals surface area contributed by atoms with Gasteiger partial charge in [0.25, 0.3) is 0 Å². The highest BCUT2D eigenvalue weighted by Crippen LogP contribution is 2.43. The standard InChI is InChI=1S/C24H39N2O9P/c27-18-9-8-16-10-13-23(25-18)11-6-4-2-1-3-5-7-12-24(14-16,26-22(23)30)21-20(29)19(28)17(35-21)15-34-36(31,32)33/h8-9,16-17,19-21,28-29H,1-7,10-15H2,(H,25,27)(H,26,30)(H2,31,32,33)/b9-8-. The van der Waals surface area contributed by atoms with Crippen molar-refractivity contribution in [3.05, 3.63) is 12.2 Å². The molecular formula is C24H39N2O9P. The number of nitrogens with one attached hydrogen (secondary N) is 2. The van der Waals surface area contributed by atoms with Crippen LogP contribution in [0.1, 0.15) is 77.0 Å². The normalized spacial score (nSPS) is 41.5. The van der Waals surface area contributed by atoms with Gasteiger partial charge in [0.15, 0.2) is 0 Å². The highest BCUT2D eigenvalue weighted by Gasteiger charge is 2.57. The number of allylic oxidation sites excluding steroid dienone is 1. The van der Waals surface area contributed by atoms with Crippen molar-refractivity contribution in [2.75, 3.05) is 6.61 Å². The Morgan fingerprint density at radius 1 is 0.972 bits per heavy atom. The lowest BCUT2D eigenvalue weighted by atomic mass is 9.71. The zero-order valence-corrected chi connectivity index (χ0v) is 21.4. The number of aliphatic hydroxyl groups is 2. The molecule has 204 valence electrons. The fraction of sp³-hybridized carbons (Fsp3) is 0.833. The molecule has 0 aromatic heterocycles. The first-order valence-electron chi connectivity index (χ1n) is 13.1. The molecule has 4 heterocycles. The van der Waals surface area contributed by atoms with E-state index < -0.39 is 49.9 Å². The van der Waals surface area contributed by atoms with Crippen LogP contribution in [0.15, 0.2) is 12.2 Å². The molecule has 6 N–H and O–H groups in total. The molecule has 4 aliphatic heterocycles. The molecule has 3 fully saturated rings. The molecule has 1 spiro atoms. The Labute approximate surface area is 211 Å². The van der Waals surface area contributed by atoms with Crippen LogP contribution in [0, 0.1) is 5.92 Å². The number of ether oxygens (including phenoxy) is 1. The fourth-order valence-electron chi connectivity index (χ4n) is 6.36. The molecule has 0 saturated carbocycles. The van der Waals surface area contributed by atoms with Crippen molar-refractivity contribution >= 4 is 19.6 Å². The molecule has 12 heteroatoms. The van der Waals surface area contributed by atoms with E-state index in [1.165, 1.54) is 6.08 Å². The fourth-order valence-corrected chi connectivity index (χ4v) is 6.70. The first kappa shape index (κ1) is 27.7. The summed E-state index contributed by atoms with van der Waals surface area (Å²) in [6.07, 6.45) is 7.55. The van der Waals surface area contributed by atoms with Gasteiger partial charge in [0, 0.05) is 0 Å². The molecule has 7 atom stereocenters. The lowest BCUT2D eigenvalue weighted by molar-refractivity contribution is -0.141. The first-order valence-corrected chi connectivity index (χ1v) is 14.6. The second-order valence-electron chi connectivity index (χ2n) is 10.9. The molecule has 0 aromatic carbocycles. The van der Waals surface area contributed by atoms with Gasteiger partial charge >= 0.3 is 7.82 Å². The third-order valence-electron chi connectivity index (χ3n) is 8.29. The van der Waals surface area contributed by atoms with Gasteiger partial charge in [-0.05, 0) is 44.1 Å². The molecule has 7 unspecified atom stereocenters. The van der Waals surface area contributed by atoms with E-state index in [0.29, 0.717) is 32.1 Å². The summed E-state index contributed by atoms with van der Waals surface area (Å²) in [7, 11) is -4.81. The predicted octanol–water partition coefficient (Wildman–Crippen LogP) is 1.19. The van der Waals surface area contributed by atoms with E-state index in [9.17, 15) is 24.4 Å². The summed E-state index contributed by atoms with van der Waals surface area (Å²) in [6.45, 7) is -0.605. The number of carbonyl (C=O) groups excluding carboxylic acids is 2. The van der Waals surface area contributed by atoms with Gasteiger partial charge in [0.2, 0.25) is 11.8 Å². The molecule has 11 nitrogen and oxygen atoms in total. The van der Waals surface area contributed by atoms with E-state index >= 15 is 0 Å². The molecule has 0 radical (unpaired) electrons. The van der Waals surface area contributed by atoms with Crippen LogP contribution < -0.4 is 10.6 Å². The van der Waals surface area contributed by atoms with Gasteiger partial charge in [-0.2, -0.15) is 0 Å². The smallest absolute Gasteiger partial charge is 0.388 e. The lowest BCUT2D eigenvalue weighted by Crippen LogP contribution is -2.69. The van der Waals surface area contributed by atoms with Crippen LogP contribution in [0.5, 0.6) is 0 Å². The SMILES string of the molecule is O=C1/C=C\C2CCC3(CCCCCCCCCC(C4OC(COP(=O)(O)O)C(O)C4O)(C2)NC3=O)N1. The van der Waals surface area contributed by atoms with Crippen LogP contribution in [-0.2, 0) is 23.4 Å². The van der Waals surface area contributed by atoms with E-state index in [-0.39, 0.29) is 17.7 Å². The number of fused-ring (bicyclic) bond motifs is 4. The van der Waals surface area contributed by atoms with Crippen LogP contribution in [0.4, 0.5) is 0 Å². The molecular weight excluding hydrogens is 491 g/mol. The summed E-state index contributed by atoms with van der Waals surface area (Å²) in [5, 5.41) is 27.9. The number of phosphoric ester groups is 1. The Morgan fingerprint density at radius 3 is 2.33 bits per heavy atom. The Balaban J connectivity index is 1.71. The van der Waals surface area contributed by atoms with Gasteiger partial charge in [-0.1, -0.05) is 51.0 Å². The number of amides is 2. The topological polar surface area (TPSA) is 175 Å². The first-order chi connectivity index (χ1) is 17.0. The number of phosphoric acid groups is 1. The van der Waals surface area contributed by atoms with Crippen LogP contribution in [0.25, 0.3) is 0 Å². The average Bonchev–Trinajstić information content (AvgIpc) is 3.09. The van der Waals surface area contributed by atoms with E-state index in [1.807, 2.05) is 6.08 Å². The zero-order chi connectivity index (χ0) is 26.0. The van der Waals surface area contributed by atoms with Crippen LogP contribution in [-0.4, -0.2) is 73.9 Å². The minimum atomic E-state index is -4.81. The number of carbonyl (C=O) groups is 2. The quantitative estimate of drug-likeness (QED) is 0.292. The second kappa shape index (κ2) is 11.2. The Bertz CT molecular complexity index is 895. The predicted molar refractivity (Wildman–Crippen MR) is 128 cm³/mol. The van der Waals surface area contributed by atoms with Gasteiger partial charge in [-0.15, -0.1) is 0 Å². The summed E-state index contributed by atoms with van der Waals surface area (Å²) in [5.41, 5.74) is -2.13. The monoisotopic (exact) mass is 530 g/mol. The number of hydrogen-bond acceptors (Lipinski definition) is 7. The van der Waals surface area contributed by atoms with Gasteiger partial charge in [0.05, 0.1) is 12.1 Å². The Hall–Kier alpha value is -1.33. The minimum Gasteiger partial charge on any atom is -0.388 e. The molecule has 36 heavy (non-hydrogen) atoms. The van der Waals surface area contributed by atoms with Gasteiger partial charge in [-0.25, -0.2) is 4.57 Å². The molecule has 3 bridgehead atoms. The molecule has 0 aliphatic carbocycles. The maximum absolute atomic E-state index is 14.0. The lowest BCUT2D eigenvalue weighted by Gasteiger charge is -2.48. The number of aliphatic hydroxyl groups excluding tert-OH is 2. The number of hydrogen-bond donors (Lipinski definition) is 6. The summed E-state index contributed by atoms with van der Waals surface area (Å²) in [5.74, 6) is -0.683. The van der Waals surface area contributed by atoms with E-state index in [2.05, 4.69) is 15.2 Å². The van der Waals surface area contributed by atoms with E-state index in [4.69, 9.17) is 14.5 Å². The number of rotatable bonds is 4. The van der Waals surface area contributed by atoms with Crippen LogP contribution in [0.2, 0.25) is 0 Å². The maximum Gasteiger partial charge on any atom is 0.469 e. The third kappa shape index (κ3) is 6.20. The molecule has 2 amide bonds. The molecule has 0 aromatic rings. The van der Waals surface area contributed by atoms with Gasteiger partial charge < -0.3 is 35.4 Å². The molecule has 3 saturated heterocycles. The zero-order valence-electron chi connectivity index (χ0n) is 20.5. The van der Waals surface area contributed by atoms with Gasteiger partial charge in [-0.3, -0.25) is 14.1 Å².